The van der Waals surface area contributed by atoms with Gasteiger partial charge in [-0.3, -0.25) is 9.59 Å². The molecule has 4 heteroatoms. The molecule has 1 aliphatic rings. The molecule has 17 heavy (non-hydrogen) atoms. The standard InChI is InChI=1S/C13H11NO3/c1-3-11(17-8(2)15)10-6-4-5-9-7-14-13(16)12(9)10/h1,4-6,11H,7H2,2H3,(H,14,16). The molecule has 0 fully saturated rings. The molecule has 1 unspecified atom stereocenters. The molecule has 86 valence electrons. The van der Waals surface area contributed by atoms with E-state index in [-0.39, 0.29) is 5.91 Å². The van der Waals surface area contributed by atoms with Crippen LogP contribution in [0.4, 0.5) is 0 Å². The predicted octanol–water partition coefficient (Wildman–Crippen LogP) is 1.17. The van der Waals surface area contributed by atoms with Crippen molar-refractivity contribution >= 4 is 11.9 Å². The first-order valence-corrected chi connectivity index (χ1v) is 5.17. The van der Waals surface area contributed by atoms with Crippen LogP contribution < -0.4 is 5.32 Å². The Morgan fingerprint density at radius 2 is 2.35 bits per heavy atom. The van der Waals surface area contributed by atoms with Crippen LogP contribution in [-0.4, -0.2) is 11.9 Å². The number of nitrogens with one attached hydrogen (secondary N) is 1. The van der Waals surface area contributed by atoms with E-state index in [4.69, 9.17) is 11.2 Å². The summed E-state index contributed by atoms with van der Waals surface area (Å²) in [5.41, 5.74) is 1.96. The second kappa shape index (κ2) is 4.30. The number of benzene rings is 1. The van der Waals surface area contributed by atoms with E-state index in [0.717, 1.165) is 5.56 Å². The summed E-state index contributed by atoms with van der Waals surface area (Å²) < 4.78 is 5.00. The molecule has 0 saturated carbocycles. The fraction of sp³-hybridized carbons (Fsp3) is 0.231. The number of esters is 1. The molecule has 1 N–H and O–H groups in total. The van der Waals surface area contributed by atoms with Gasteiger partial charge in [0.05, 0.1) is 5.56 Å². The molecule has 1 aliphatic heterocycles. The normalized spacial score (nSPS) is 14.5. The van der Waals surface area contributed by atoms with Crippen molar-refractivity contribution in [2.45, 2.75) is 19.6 Å². The first-order chi connectivity index (χ1) is 8.13. The van der Waals surface area contributed by atoms with Crippen LogP contribution in [0.2, 0.25) is 0 Å². The zero-order valence-electron chi connectivity index (χ0n) is 9.32. The van der Waals surface area contributed by atoms with Crippen molar-refractivity contribution in [2.24, 2.45) is 0 Å². The minimum Gasteiger partial charge on any atom is -0.444 e. The average molecular weight is 229 g/mol. The van der Waals surface area contributed by atoms with E-state index < -0.39 is 12.1 Å². The van der Waals surface area contributed by atoms with Gasteiger partial charge in [0.2, 0.25) is 0 Å². The summed E-state index contributed by atoms with van der Waals surface area (Å²) in [5, 5.41) is 2.71. The van der Waals surface area contributed by atoms with Gasteiger partial charge in [-0.05, 0) is 5.56 Å². The molecule has 0 aromatic heterocycles. The zero-order chi connectivity index (χ0) is 12.4. The number of ether oxygens (including phenoxy) is 1. The molecule has 0 spiro atoms. The molecule has 1 amide bonds. The van der Waals surface area contributed by atoms with E-state index in [0.29, 0.717) is 17.7 Å². The quantitative estimate of drug-likeness (QED) is 0.611. The molecule has 0 aliphatic carbocycles. The fourth-order valence-corrected chi connectivity index (χ4v) is 1.88. The van der Waals surface area contributed by atoms with Crippen LogP contribution in [-0.2, 0) is 16.1 Å². The first kappa shape index (κ1) is 11.2. The molecular weight excluding hydrogens is 218 g/mol. The Labute approximate surface area is 99.0 Å². The lowest BCUT2D eigenvalue weighted by Crippen LogP contribution is -2.16. The zero-order valence-corrected chi connectivity index (χ0v) is 9.32. The van der Waals surface area contributed by atoms with Crippen LogP contribution in [0.3, 0.4) is 0 Å². The van der Waals surface area contributed by atoms with E-state index >= 15 is 0 Å². The van der Waals surface area contributed by atoms with Crippen molar-refractivity contribution in [3.63, 3.8) is 0 Å². The van der Waals surface area contributed by atoms with E-state index in [1.54, 1.807) is 12.1 Å². The van der Waals surface area contributed by atoms with E-state index in [2.05, 4.69) is 11.2 Å². The van der Waals surface area contributed by atoms with Gasteiger partial charge in [-0.1, -0.05) is 24.1 Å². The van der Waals surface area contributed by atoms with E-state index in [1.807, 2.05) is 6.07 Å². The molecule has 1 atom stereocenters. The van der Waals surface area contributed by atoms with E-state index in [9.17, 15) is 9.59 Å². The molecule has 2 rings (SSSR count). The topological polar surface area (TPSA) is 55.4 Å². The van der Waals surface area contributed by atoms with Gasteiger partial charge in [0, 0.05) is 19.0 Å². The predicted molar refractivity (Wildman–Crippen MR) is 61.0 cm³/mol. The van der Waals surface area contributed by atoms with E-state index in [1.165, 1.54) is 6.92 Å². The van der Waals surface area contributed by atoms with Crippen molar-refractivity contribution < 1.29 is 14.3 Å². The van der Waals surface area contributed by atoms with Crippen molar-refractivity contribution in [1.82, 2.24) is 5.32 Å². The Bertz CT molecular complexity index is 528. The summed E-state index contributed by atoms with van der Waals surface area (Å²) in [6.45, 7) is 1.77. The fourth-order valence-electron chi connectivity index (χ4n) is 1.88. The van der Waals surface area contributed by atoms with Gasteiger partial charge < -0.3 is 10.1 Å². The third kappa shape index (κ3) is 2.00. The van der Waals surface area contributed by atoms with Crippen molar-refractivity contribution in [3.05, 3.63) is 34.9 Å². The first-order valence-electron chi connectivity index (χ1n) is 5.17. The molecule has 1 aromatic rings. The van der Waals surface area contributed by atoms with Crippen molar-refractivity contribution in [3.8, 4) is 12.3 Å². The smallest absolute Gasteiger partial charge is 0.304 e. The summed E-state index contributed by atoms with van der Waals surface area (Å²) in [4.78, 5) is 22.6. The Balaban J connectivity index is 2.46. The van der Waals surface area contributed by atoms with Crippen LogP contribution >= 0.6 is 0 Å². The van der Waals surface area contributed by atoms with Gasteiger partial charge >= 0.3 is 5.97 Å². The average Bonchev–Trinajstić information content (AvgIpc) is 2.68. The highest BCUT2D eigenvalue weighted by molar-refractivity contribution is 6.00. The minimum absolute atomic E-state index is 0.178. The van der Waals surface area contributed by atoms with Gasteiger partial charge in [-0.25, -0.2) is 0 Å². The Hall–Kier alpha value is -2.28. The van der Waals surface area contributed by atoms with Crippen LogP contribution in [0.1, 0.15) is 34.5 Å². The lowest BCUT2D eigenvalue weighted by molar-refractivity contribution is -0.144. The number of fused-ring (bicyclic) bond motifs is 1. The second-order valence-electron chi connectivity index (χ2n) is 3.72. The number of hydrogen-bond donors (Lipinski definition) is 1. The van der Waals surface area contributed by atoms with Gasteiger partial charge in [0.1, 0.15) is 0 Å². The number of terminal acetylenes is 1. The third-order valence-electron chi connectivity index (χ3n) is 2.57. The second-order valence-corrected chi connectivity index (χ2v) is 3.72. The summed E-state index contributed by atoms with van der Waals surface area (Å²) in [6.07, 6.45) is 4.52. The maximum absolute atomic E-state index is 11.7. The molecule has 4 nitrogen and oxygen atoms in total. The maximum atomic E-state index is 11.7. The maximum Gasteiger partial charge on any atom is 0.304 e. The SMILES string of the molecule is C#CC(OC(C)=O)c1cccc2c1C(=O)NC2. The Morgan fingerprint density at radius 1 is 1.59 bits per heavy atom. The number of hydrogen-bond acceptors (Lipinski definition) is 3. The van der Waals surface area contributed by atoms with Crippen molar-refractivity contribution in [1.29, 1.82) is 0 Å². The lowest BCUT2D eigenvalue weighted by Gasteiger charge is -2.13. The summed E-state index contributed by atoms with van der Waals surface area (Å²) in [6, 6.07) is 5.34. The molecule has 0 bridgehead atoms. The summed E-state index contributed by atoms with van der Waals surface area (Å²) >= 11 is 0. The highest BCUT2D eigenvalue weighted by Gasteiger charge is 2.26. The molecular formula is C13H11NO3. The van der Waals surface area contributed by atoms with Crippen LogP contribution in [0, 0.1) is 12.3 Å². The highest BCUT2D eigenvalue weighted by Crippen LogP contribution is 2.27. The molecule has 0 saturated heterocycles. The van der Waals surface area contributed by atoms with Crippen LogP contribution in [0.5, 0.6) is 0 Å². The Morgan fingerprint density at radius 3 is 3.00 bits per heavy atom. The summed E-state index contributed by atoms with van der Waals surface area (Å²) in [5.74, 6) is 1.73. The number of amides is 1. The third-order valence-corrected chi connectivity index (χ3v) is 2.57. The van der Waals surface area contributed by atoms with Crippen molar-refractivity contribution in [2.75, 3.05) is 0 Å². The van der Waals surface area contributed by atoms with Gasteiger partial charge in [-0.2, -0.15) is 0 Å². The van der Waals surface area contributed by atoms with Gasteiger partial charge in [0.15, 0.2) is 6.10 Å². The highest BCUT2D eigenvalue weighted by atomic mass is 16.5. The number of carbonyl (C=O) groups is 2. The molecule has 0 radical (unpaired) electrons. The van der Waals surface area contributed by atoms with Crippen LogP contribution in [0.15, 0.2) is 18.2 Å². The molecule has 1 aromatic carbocycles. The van der Waals surface area contributed by atoms with Gasteiger partial charge in [-0.15, -0.1) is 6.42 Å². The largest absolute Gasteiger partial charge is 0.444 e. The number of carbonyl (C=O) groups excluding carboxylic acids is 2. The van der Waals surface area contributed by atoms with Gasteiger partial charge in [0.25, 0.3) is 5.91 Å². The Kier molecular flexibility index (Phi) is 2.84. The minimum atomic E-state index is -0.814. The monoisotopic (exact) mass is 229 g/mol. The molecule has 1 heterocycles. The van der Waals surface area contributed by atoms with Crippen LogP contribution in [0.25, 0.3) is 0 Å². The number of rotatable bonds is 2. The lowest BCUT2D eigenvalue weighted by atomic mass is 9.99. The summed E-state index contributed by atoms with van der Waals surface area (Å²) in [7, 11) is 0.